The number of piperidine rings is 1. The molecule has 1 aliphatic heterocycles. The number of phenolic OH excluding ortho intramolecular Hbond substituents is 1. The summed E-state index contributed by atoms with van der Waals surface area (Å²) in [6.07, 6.45) is 2.34. The number of rotatable bonds is 3. The molecular formula is C23H23N3O3S. The maximum atomic E-state index is 13.4. The number of hydrogen-bond donors (Lipinski definition) is 2. The molecule has 2 aromatic heterocycles. The Bertz CT molecular complexity index is 1280. The van der Waals surface area contributed by atoms with Crippen LogP contribution in [0.25, 0.3) is 31.8 Å². The van der Waals surface area contributed by atoms with Gasteiger partial charge in [0, 0.05) is 13.1 Å². The van der Waals surface area contributed by atoms with Gasteiger partial charge in [0.2, 0.25) is 11.3 Å². The lowest BCUT2D eigenvalue weighted by Crippen LogP contribution is -2.33. The first-order valence-corrected chi connectivity index (χ1v) is 11.0. The first-order valence-electron chi connectivity index (χ1n) is 10.2. The van der Waals surface area contributed by atoms with E-state index in [2.05, 4.69) is 16.8 Å². The molecule has 0 saturated carbocycles. The minimum absolute atomic E-state index is 0.0328. The normalized spacial score (nSPS) is 17.7. The molecule has 3 heterocycles. The van der Waals surface area contributed by atoms with Crippen LogP contribution in [-0.4, -0.2) is 28.1 Å². The SMILES string of the molecule is C[C@@H]1CCCN(Cc2c(O)ccc3c(=O)c(-c4nc5ccccc5s4)c(N)oc23)C1. The number of fused-ring (bicyclic) bond motifs is 2. The molecule has 4 aromatic rings. The van der Waals surface area contributed by atoms with Crippen LogP contribution < -0.4 is 11.2 Å². The van der Waals surface area contributed by atoms with E-state index in [9.17, 15) is 9.90 Å². The van der Waals surface area contributed by atoms with E-state index in [4.69, 9.17) is 10.2 Å². The molecule has 0 amide bonds. The van der Waals surface area contributed by atoms with E-state index in [1.165, 1.54) is 17.8 Å². The van der Waals surface area contributed by atoms with Crippen LogP contribution in [0.4, 0.5) is 5.88 Å². The van der Waals surface area contributed by atoms with Gasteiger partial charge in [-0.05, 0) is 49.6 Å². The van der Waals surface area contributed by atoms with Crippen LogP contribution in [0.2, 0.25) is 0 Å². The number of nitrogen functional groups attached to an aromatic ring is 1. The number of anilines is 1. The number of nitrogens with zero attached hydrogens (tertiary/aromatic N) is 2. The van der Waals surface area contributed by atoms with Gasteiger partial charge in [-0.2, -0.15) is 0 Å². The van der Waals surface area contributed by atoms with Crippen molar-refractivity contribution in [1.29, 1.82) is 0 Å². The van der Waals surface area contributed by atoms with Crippen molar-refractivity contribution in [2.75, 3.05) is 18.8 Å². The van der Waals surface area contributed by atoms with Crippen molar-refractivity contribution in [2.45, 2.75) is 26.3 Å². The van der Waals surface area contributed by atoms with Gasteiger partial charge in [0.05, 0.1) is 21.2 Å². The fourth-order valence-corrected chi connectivity index (χ4v) is 5.32. The molecule has 1 atom stereocenters. The third-order valence-corrected chi connectivity index (χ3v) is 6.85. The molecule has 0 radical (unpaired) electrons. The number of para-hydroxylation sites is 1. The second kappa shape index (κ2) is 7.41. The quantitative estimate of drug-likeness (QED) is 0.503. The van der Waals surface area contributed by atoms with Crippen LogP contribution in [-0.2, 0) is 6.54 Å². The van der Waals surface area contributed by atoms with E-state index >= 15 is 0 Å². The summed E-state index contributed by atoms with van der Waals surface area (Å²) in [4.78, 5) is 20.2. The van der Waals surface area contributed by atoms with E-state index in [1.54, 1.807) is 12.1 Å². The molecule has 154 valence electrons. The molecule has 3 N–H and O–H groups in total. The highest BCUT2D eigenvalue weighted by Crippen LogP contribution is 2.35. The highest BCUT2D eigenvalue weighted by molar-refractivity contribution is 7.21. The highest BCUT2D eigenvalue weighted by Gasteiger charge is 2.23. The minimum Gasteiger partial charge on any atom is -0.507 e. The van der Waals surface area contributed by atoms with Crippen LogP contribution >= 0.6 is 11.3 Å². The minimum atomic E-state index is -0.221. The van der Waals surface area contributed by atoms with Gasteiger partial charge in [0.25, 0.3) is 0 Å². The fraction of sp³-hybridized carbons (Fsp3) is 0.304. The number of nitrogens with two attached hydrogens (primary N) is 1. The summed E-state index contributed by atoms with van der Waals surface area (Å²) in [5.74, 6) is 0.764. The Balaban J connectivity index is 1.64. The predicted molar refractivity (Wildman–Crippen MR) is 121 cm³/mol. The first-order chi connectivity index (χ1) is 14.5. The molecule has 0 aliphatic carbocycles. The number of aromatic hydroxyl groups is 1. The zero-order valence-electron chi connectivity index (χ0n) is 16.7. The van der Waals surface area contributed by atoms with Crippen LogP contribution in [0.1, 0.15) is 25.3 Å². The van der Waals surface area contributed by atoms with Crippen molar-refractivity contribution in [1.82, 2.24) is 9.88 Å². The van der Waals surface area contributed by atoms with E-state index in [1.807, 2.05) is 24.3 Å². The Kier molecular flexibility index (Phi) is 4.72. The third-order valence-electron chi connectivity index (χ3n) is 5.80. The Morgan fingerprint density at radius 1 is 1.30 bits per heavy atom. The van der Waals surface area contributed by atoms with E-state index < -0.39 is 0 Å². The molecule has 0 spiro atoms. The molecule has 1 saturated heterocycles. The maximum Gasteiger partial charge on any atom is 0.205 e. The maximum absolute atomic E-state index is 13.4. The van der Waals surface area contributed by atoms with Gasteiger partial charge in [-0.3, -0.25) is 9.69 Å². The molecule has 7 heteroatoms. The largest absolute Gasteiger partial charge is 0.507 e. The number of benzene rings is 2. The Morgan fingerprint density at radius 2 is 2.13 bits per heavy atom. The predicted octanol–water partition coefficient (Wildman–Crippen LogP) is 4.59. The van der Waals surface area contributed by atoms with Crippen LogP contribution in [0.3, 0.4) is 0 Å². The summed E-state index contributed by atoms with van der Waals surface area (Å²) >= 11 is 1.41. The Labute approximate surface area is 177 Å². The summed E-state index contributed by atoms with van der Waals surface area (Å²) in [5.41, 5.74) is 8.08. The van der Waals surface area contributed by atoms with Crippen molar-refractivity contribution in [3.8, 4) is 16.3 Å². The van der Waals surface area contributed by atoms with E-state index in [0.717, 1.165) is 29.7 Å². The fourth-order valence-electron chi connectivity index (χ4n) is 4.31. The lowest BCUT2D eigenvalue weighted by atomic mass is 9.99. The zero-order valence-corrected chi connectivity index (χ0v) is 17.5. The van der Waals surface area contributed by atoms with Crippen molar-refractivity contribution in [2.24, 2.45) is 5.92 Å². The van der Waals surface area contributed by atoms with Gasteiger partial charge in [0.15, 0.2) is 0 Å². The molecule has 1 fully saturated rings. The standard InChI is InChI=1S/C23H23N3O3S/c1-13-5-4-10-26(11-13)12-15-17(27)9-8-14-20(28)19(22(24)29-21(14)15)23-25-16-6-2-3-7-18(16)30-23/h2-3,6-9,13,27H,4-5,10-12,24H2,1H3/t13-/m1/s1. The zero-order chi connectivity index (χ0) is 20.8. The van der Waals surface area contributed by atoms with Crippen molar-refractivity contribution < 1.29 is 9.52 Å². The summed E-state index contributed by atoms with van der Waals surface area (Å²) in [5, 5.41) is 11.5. The topological polar surface area (TPSA) is 92.6 Å². The molecular weight excluding hydrogens is 398 g/mol. The molecule has 6 nitrogen and oxygen atoms in total. The molecule has 0 bridgehead atoms. The number of phenols is 1. The molecule has 30 heavy (non-hydrogen) atoms. The number of thiazole rings is 1. The van der Waals surface area contributed by atoms with Gasteiger partial charge in [-0.1, -0.05) is 19.1 Å². The van der Waals surface area contributed by atoms with Crippen LogP contribution in [0.15, 0.2) is 45.6 Å². The third kappa shape index (κ3) is 3.24. The van der Waals surface area contributed by atoms with Gasteiger partial charge >= 0.3 is 0 Å². The van der Waals surface area contributed by atoms with Gasteiger partial charge in [-0.25, -0.2) is 4.98 Å². The molecule has 1 aliphatic rings. The second-order valence-corrected chi connectivity index (χ2v) is 9.11. The number of aromatic nitrogens is 1. The number of hydrogen-bond acceptors (Lipinski definition) is 7. The highest BCUT2D eigenvalue weighted by atomic mass is 32.1. The summed E-state index contributed by atoms with van der Waals surface area (Å²) in [6.45, 7) is 4.68. The molecule has 0 unspecified atom stereocenters. The second-order valence-electron chi connectivity index (χ2n) is 8.08. The lowest BCUT2D eigenvalue weighted by molar-refractivity contribution is 0.175. The average molecular weight is 422 g/mol. The first kappa shape index (κ1) is 19.1. The summed E-state index contributed by atoms with van der Waals surface area (Å²) < 4.78 is 6.95. The average Bonchev–Trinajstić information content (AvgIpc) is 3.14. The van der Waals surface area contributed by atoms with Crippen molar-refractivity contribution >= 4 is 38.4 Å². The van der Waals surface area contributed by atoms with Crippen LogP contribution in [0, 0.1) is 5.92 Å². The number of likely N-dealkylation sites (tertiary alicyclic amines) is 1. The molecule has 5 rings (SSSR count). The van der Waals surface area contributed by atoms with E-state index in [-0.39, 0.29) is 22.6 Å². The molecule has 2 aromatic carbocycles. The monoisotopic (exact) mass is 421 g/mol. The van der Waals surface area contributed by atoms with Crippen molar-refractivity contribution in [3.63, 3.8) is 0 Å². The Hall–Kier alpha value is -2.90. The summed E-state index contributed by atoms with van der Waals surface area (Å²) in [7, 11) is 0. The smallest absolute Gasteiger partial charge is 0.205 e. The van der Waals surface area contributed by atoms with Crippen molar-refractivity contribution in [3.05, 3.63) is 52.2 Å². The Morgan fingerprint density at radius 3 is 2.93 bits per heavy atom. The van der Waals surface area contributed by atoms with Gasteiger partial charge < -0.3 is 15.3 Å². The van der Waals surface area contributed by atoms with Crippen LogP contribution in [0.5, 0.6) is 5.75 Å². The van der Waals surface area contributed by atoms with Gasteiger partial charge in [-0.15, -0.1) is 11.3 Å². The summed E-state index contributed by atoms with van der Waals surface area (Å²) in [6, 6.07) is 10.9. The van der Waals surface area contributed by atoms with Gasteiger partial charge in [0.1, 0.15) is 21.9 Å². The van der Waals surface area contributed by atoms with E-state index in [0.29, 0.717) is 34.0 Å². The lowest BCUT2D eigenvalue weighted by Gasteiger charge is -2.31.